The minimum absolute atomic E-state index is 0.639. The van der Waals surface area contributed by atoms with Crippen LogP contribution in [0.5, 0.6) is 5.75 Å². The van der Waals surface area contributed by atoms with E-state index in [1.165, 1.54) is 0 Å². The molecule has 0 aliphatic rings. The summed E-state index contributed by atoms with van der Waals surface area (Å²) in [5, 5.41) is 0. The summed E-state index contributed by atoms with van der Waals surface area (Å²) in [5.74, 6) is 0.914. The second-order valence-corrected chi connectivity index (χ2v) is 8.64. The van der Waals surface area contributed by atoms with Crippen molar-refractivity contribution in [1.82, 2.24) is 0 Å². The molecule has 0 radical (unpaired) electrons. The lowest BCUT2D eigenvalue weighted by Gasteiger charge is -2.20. The minimum Gasteiger partial charge on any atom is -0.491 e. The summed E-state index contributed by atoms with van der Waals surface area (Å²) < 4.78 is 11.4. The summed E-state index contributed by atoms with van der Waals surface area (Å²) in [5.41, 5.74) is 0. The number of ether oxygens (including phenoxy) is 1. The Morgan fingerprint density at radius 3 is 2.33 bits per heavy atom. The standard InChI is InChI=1S/C12H20O2Si/c1-4-15(2,3)14-11-10-13-12-8-6-5-7-9-12/h5-9H,4,10-11H2,1-3H3. The highest BCUT2D eigenvalue weighted by Gasteiger charge is 2.18. The van der Waals surface area contributed by atoms with Crippen LogP contribution in [0.15, 0.2) is 30.3 Å². The van der Waals surface area contributed by atoms with Crippen LogP contribution in [0.3, 0.4) is 0 Å². The van der Waals surface area contributed by atoms with Gasteiger partial charge in [0.25, 0.3) is 0 Å². The van der Waals surface area contributed by atoms with E-state index < -0.39 is 8.32 Å². The summed E-state index contributed by atoms with van der Waals surface area (Å²) in [6.07, 6.45) is 0. The number of hydrogen-bond donors (Lipinski definition) is 0. The van der Waals surface area contributed by atoms with Crippen LogP contribution in [0.1, 0.15) is 6.92 Å². The molecule has 0 saturated heterocycles. The third-order valence-electron chi connectivity index (χ3n) is 2.44. The van der Waals surface area contributed by atoms with Crippen molar-refractivity contribution < 1.29 is 9.16 Å². The average molecular weight is 224 g/mol. The van der Waals surface area contributed by atoms with E-state index in [1.54, 1.807) is 0 Å². The van der Waals surface area contributed by atoms with E-state index in [2.05, 4.69) is 20.0 Å². The van der Waals surface area contributed by atoms with Crippen molar-refractivity contribution in [1.29, 1.82) is 0 Å². The lowest BCUT2D eigenvalue weighted by atomic mass is 10.3. The fraction of sp³-hybridized carbons (Fsp3) is 0.500. The first-order chi connectivity index (χ1) is 7.14. The van der Waals surface area contributed by atoms with Crippen LogP contribution >= 0.6 is 0 Å². The van der Waals surface area contributed by atoms with Crippen molar-refractivity contribution in [3.05, 3.63) is 30.3 Å². The van der Waals surface area contributed by atoms with Gasteiger partial charge in [0.1, 0.15) is 12.4 Å². The number of para-hydroxylation sites is 1. The zero-order valence-electron chi connectivity index (χ0n) is 9.82. The molecule has 0 atom stereocenters. The maximum Gasteiger partial charge on any atom is 0.186 e. The van der Waals surface area contributed by atoms with Crippen LogP contribution in [-0.2, 0) is 4.43 Å². The van der Waals surface area contributed by atoms with Gasteiger partial charge in [0.15, 0.2) is 8.32 Å². The van der Waals surface area contributed by atoms with Crippen molar-refractivity contribution in [3.63, 3.8) is 0 Å². The number of rotatable bonds is 6. The van der Waals surface area contributed by atoms with Gasteiger partial charge in [-0.2, -0.15) is 0 Å². The van der Waals surface area contributed by atoms with Gasteiger partial charge in [0, 0.05) is 0 Å². The summed E-state index contributed by atoms with van der Waals surface area (Å²) in [6.45, 7) is 7.98. The second-order valence-electron chi connectivity index (χ2n) is 4.12. The predicted octanol–water partition coefficient (Wildman–Crippen LogP) is 3.31. The Morgan fingerprint density at radius 2 is 1.73 bits per heavy atom. The molecular formula is C12H20O2Si. The Kier molecular flexibility index (Phi) is 4.85. The smallest absolute Gasteiger partial charge is 0.186 e. The van der Waals surface area contributed by atoms with E-state index in [9.17, 15) is 0 Å². The molecule has 0 fully saturated rings. The highest BCUT2D eigenvalue weighted by Crippen LogP contribution is 2.11. The molecule has 1 rings (SSSR count). The molecule has 0 aromatic heterocycles. The summed E-state index contributed by atoms with van der Waals surface area (Å²) in [6, 6.07) is 11.0. The van der Waals surface area contributed by atoms with Crippen LogP contribution in [-0.4, -0.2) is 21.5 Å². The van der Waals surface area contributed by atoms with Gasteiger partial charge in [-0.1, -0.05) is 25.1 Å². The van der Waals surface area contributed by atoms with Crippen molar-refractivity contribution in [2.45, 2.75) is 26.1 Å². The molecule has 0 aliphatic carbocycles. The molecule has 0 spiro atoms. The SMILES string of the molecule is CC[Si](C)(C)OCCOc1ccccc1. The normalized spacial score (nSPS) is 11.4. The molecule has 0 saturated carbocycles. The highest BCUT2D eigenvalue weighted by molar-refractivity contribution is 6.71. The lowest BCUT2D eigenvalue weighted by Crippen LogP contribution is -2.30. The van der Waals surface area contributed by atoms with Crippen LogP contribution < -0.4 is 4.74 Å². The molecule has 3 heteroatoms. The zero-order chi connectivity index (χ0) is 11.1. The Morgan fingerprint density at radius 1 is 1.07 bits per heavy atom. The third kappa shape index (κ3) is 5.00. The summed E-state index contributed by atoms with van der Waals surface area (Å²) >= 11 is 0. The molecular weight excluding hydrogens is 204 g/mol. The molecule has 0 N–H and O–H groups in total. The van der Waals surface area contributed by atoms with Crippen LogP contribution in [0.4, 0.5) is 0 Å². The average Bonchev–Trinajstić information content (AvgIpc) is 2.26. The van der Waals surface area contributed by atoms with Crippen LogP contribution in [0, 0.1) is 0 Å². The fourth-order valence-corrected chi connectivity index (χ4v) is 1.94. The van der Waals surface area contributed by atoms with Crippen LogP contribution in [0.2, 0.25) is 19.1 Å². The first-order valence-electron chi connectivity index (χ1n) is 5.46. The largest absolute Gasteiger partial charge is 0.491 e. The van der Waals surface area contributed by atoms with Gasteiger partial charge in [0.05, 0.1) is 6.61 Å². The van der Waals surface area contributed by atoms with Crippen LogP contribution in [0.25, 0.3) is 0 Å². The maximum absolute atomic E-state index is 5.81. The minimum atomic E-state index is -1.40. The maximum atomic E-state index is 5.81. The fourth-order valence-electron chi connectivity index (χ4n) is 1.10. The topological polar surface area (TPSA) is 18.5 Å². The van der Waals surface area contributed by atoms with Crippen molar-refractivity contribution in [2.75, 3.05) is 13.2 Å². The molecule has 15 heavy (non-hydrogen) atoms. The van der Waals surface area contributed by atoms with Gasteiger partial charge in [0.2, 0.25) is 0 Å². The van der Waals surface area contributed by atoms with E-state index in [0.29, 0.717) is 13.2 Å². The van der Waals surface area contributed by atoms with Gasteiger partial charge in [-0.25, -0.2) is 0 Å². The van der Waals surface area contributed by atoms with Crippen molar-refractivity contribution >= 4 is 8.32 Å². The molecule has 84 valence electrons. The molecule has 0 aliphatic heterocycles. The third-order valence-corrected chi connectivity index (χ3v) is 5.13. The van der Waals surface area contributed by atoms with Gasteiger partial charge in [-0.15, -0.1) is 0 Å². The highest BCUT2D eigenvalue weighted by atomic mass is 28.4. The second kappa shape index (κ2) is 5.93. The molecule has 0 heterocycles. The number of hydrogen-bond acceptors (Lipinski definition) is 2. The van der Waals surface area contributed by atoms with Gasteiger partial charge >= 0.3 is 0 Å². The first kappa shape index (κ1) is 12.3. The Bertz CT molecular complexity index is 272. The monoisotopic (exact) mass is 224 g/mol. The first-order valence-corrected chi connectivity index (χ1v) is 8.57. The van der Waals surface area contributed by atoms with Gasteiger partial charge in [-0.3, -0.25) is 0 Å². The van der Waals surface area contributed by atoms with E-state index in [0.717, 1.165) is 11.8 Å². The molecule has 0 unspecified atom stereocenters. The molecule has 0 bridgehead atoms. The number of benzene rings is 1. The molecule has 1 aromatic rings. The Labute approximate surface area is 93.4 Å². The summed E-state index contributed by atoms with van der Waals surface area (Å²) in [7, 11) is -1.40. The van der Waals surface area contributed by atoms with E-state index in [1.807, 2.05) is 30.3 Å². The Balaban J connectivity index is 2.18. The predicted molar refractivity (Wildman–Crippen MR) is 65.9 cm³/mol. The molecule has 1 aromatic carbocycles. The summed E-state index contributed by atoms with van der Waals surface area (Å²) in [4.78, 5) is 0. The Hall–Kier alpha value is -0.803. The van der Waals surface area contributed by atoms with E-state index in [4.69, 9.17) is 9.16 Å². The molecule has 2 nitrogen and oxygen atoms in total. The van der Waals surface area contributed by atoms with Gasteiger partial charge < -0.3 is 9.16 Å². The zero-order valence-corrected chi connectivity index (χ0v) is 10.8. The van der Waals surface area contributed by atoms with Gasteiger partial charge in [-0.05, 0) is 31.3 Å². The quantitative estimate of drug-likeness (QED) is 0.545. The van der Waals surface area contributed by atoms with Crippen molar-refractivity contribution in [2.24, 2.45) is 0 Å². The van der Waals surface area contributed by atoms with Crippen molar-refractivity contribution in [3.8, 4) is 5.75 Å². The van der Waals surface area contributed by atoms with E-state index >= 15 is 0 Å². The van der Waals surface area contributed by atoms with E-state index in [-0.39, 0.29) is 0 Å². The lowest BCUT2D eigenvalue weighted by molar-refractivity contribution is 0.211. The molecule has 0 amide bonds.